The zero-order valence-corrected chi connectivity index (χ0v) is 15.0. The van der Waals surface area contributed by atoms with Gasteiger partial charge in [-0.3, -0.25) is 10.1 Å². The first-order valence-corrected chi connectivity index (χ1v) is 9.20. The third kappa shape index (κ3) is 5.11. The second-order valence-corrected chi connectivity index (χ2v) is 7.52. The third-order valence-electron chi connectivity index (χ3n) is 3.29. The van der Waals surface area contributed by atoms with Crippen molar-refractivity contribution >= 4 is 21.7 Å². The standard InChI is InChI=1S/C17H18N2O6S/c1-12(2)18-26(23,24)16-5-3-4-14(10-16)17(20)25-11-13-6-8-15(9-7-13)19(21)22/h3-10,12,18H,11H2,1-2H3. The van der Waals surface area contributed by atoms with Gasteiger partial charge in [0.05, 0.1) is 15.4 Å². The third-order valence-corrected chi connectivity index (χ3v) is 4.94. The Hall–Kier alpha value is -2.78. The van der Waals surface area contributed by atoms with E-state index in [4.69, 9.17) is 4.74 Å². The molecule has 2 rings (SSSR count). The molecule has 2 aromatic rings. The average molecular weight is 378 g/mol. The fourth-order valence-electron chi connectivity index (χ4n) is 2.11. The highest BCUT2D eigenvalue weighted by molar-refractivity contribution is 7.89. The minimum Gasteiger partial charge on any atom is -0.457 e. The van der Waals surface area contributed by atoms with Crippen LogP contribution in [0, 0.1) is 10.1 Å². The molecule has 0 fully saturated rings. The van der Waals surface area contributed by atoms with Crippen molar-refractivity contribution in [3.8, 4) is 0 Å². The van der Waals surface area contributed by atoms with Gasteiger partial charge >= 0.3 is 5.97 Å². The number of nitrogens with one attached hydrogen (secondary N) is 1. The van der Waals surface area contributed by atoms with Crippen LogP contribution < -0.4 is 4.72 Å². The molecule has 26 heavy (non-hydrogen) atoms. The summed E-state index contributed by atoms with van der Waals surface area (Å²) in [6.07, 6.45) is 0. The molecule has 0 aromatic heterocycles. The predicted molar refractivity (Wildman–Crippen MR) is 94.1 cm³/mol. The van der Waals surface area contributed by atoms with Crippen molar-refractivity contribution in [3.63, 3.8) is 0 Å². The fraction of sp³-hybridized carbons (Fsp3) is 0.235. The van der Waals surface area contributed by atoms with Crippen LogP contribution in [0.4, 0.5) is 5.69 Å². The maximum Gasteiger partial charge on any atom is 0.338 e. The van der Waals surface area contributed by atoms with E-state index in [2.05, 4.69) is 4.72 Å². The Morgan fingerprint density at radius 1 is 1.19 bits per heavy atom. The number of nitrogens with zero attached hydrogens (tertiary/aromatic N) is 1. The molecule has 0 aliphatic heterocycles. The normalized spacial score (nSPS) is 11.3. The van der Waals surface area contributed by atoms with Gasteiger partial charge < -0.3 is 4.74 Å². The molecule has 0 unspecified atom stereocenters. The van der Waals surface area contributed by atoms with Gasteiger partial charge in [0, 0.05) is 18.2 Å². The van der Waals surface area contributed by atoms with Crippen molar-refractivity contribution < 1.29 is 22.9 Å². The van der Waals surface area contributed by atoms with Gasteiger partial charge in [-0.2, -0.15) is 0 Å². The van der Waals surface area contributed by atoms with Crippen LogP contribution in [-0.4, -0.2) is 25.4 Å². The molecule has 0 spiro atoms. The Morgan fingerprint density at radius 2 is 1.85 bits per heavy atom. The van der Waals surface area contributed by atoms with Gasteiger partial charge in [-0.15, -0.1) is 0 Å². The number of nitro benzene ring substituents is 1. The summed E-state index contributed by atoms with van der Waals surface area (Å²) in [6.45, 7) is 3.30. The Labute approximate surface area is 151 Å². The second kappa shape index (κ2) is 8.07. The van der Waals surface area contributed by atoms with Crippen LogP contribution in [0.15, 0.2) is 53.4 Å². The van der Waals surface area contributed by atoms with Crippen molar-refractivity contribution in [2.24, 2.45) is 0 Å². The number of carbonyl (C=O) groups is 1. The summed E-state index contributed by atoms with van der Waals surface area (Å²) in [7, 11) is -3.72. The Bertz CT molecular complexity index is 907. The Morgan fingerprint density at radius 3 is 2.42 bits per heavy atom. The highest BCUT2D eigenvalue weighted by Crippen LogP contribution is 2.15. The predicted octanol–water partition coefficient (Wildman–Crippen LogP) is 2.64. The van der Waals surface area contributed by atoms with Gasteiger partial charge in [0.25, 0.3) is 5.69 Å². The van der Waals surface area contributed by atoms with Gasteiger partial charge in [-0.25, -0.2) is 17.9 Å². The fourth-order valence-corrected chi connectivity index (χ4v) is 3.41. The largest absolute Gasteiger partial charge is 0.457 e. The van der Waals surface area contributed by atoms with Gasteiger partial charge in [-0.1, -0.05) is 6.07 Å². The molecule has 0 saturated heterocycles. The van der Waals surface area contributed by atoms with Crippen LogP contribution in [0.3, 0.4) is 0 Å². The number of nitro groups is 1. The molecule has 2 aromatic carbocycles. The molecule has 8 nitrogen and oxygen atoms in total. The lowest BCUT2D eigenvalue weighted by atomic mass is 10.2. The summed E-state index contributed by atoms with van der Waals surface area (Å²) in [4.78, 5) is 22.2. The molecule has 0 bridgehead atoms. The van der Waals surface area contributed by atoms with Gasteiger partial charge in [0.15, 0.2) is 0 Å². The summed E-state index contributed by atoms with van der Waals surface area (Å²) < 4.78 is 31.9. The minimum absolute atomic E-state index is 0.0315. The molecular weight excluding hydrogens is 360 g/mol. The zero-order chi connectivity index (χ0) is 19.3. The maximum atomic E-state index is 12.2. The Kier molecular flexibility index (Phi) is 6.06. The van der Waals surface area contributed by atoms with Crippen molar-refractivity contribution in [1.29, 1.82) is 0 Å². The van der Waals surface area contributed by atoms with E-state index in [0.29, 0.717) is 5.56 Å². The number of non-ortho nitro benzene ring substituents is 1. The van der Waals surface area contributed by atoms with Crippen molar-refractivity contribution in [2.45, 2.75) is 31.4 Å². The molecular formula is C17H18N2O6S. The minimum atomic E-state index is -3.72. The molecule has 0 amide bonds. The van der Waals surface area contributed by atoms with E-state index in [9.17, 15) is 23.3 Å². The molecule has 0 heterocycles. The number of rotatable bonds is 7. The van der Waals surface area contributed by atoms with Crippen LogP contribution in [0.1, 0.15) is 29.8 Å². The lowest BCUT2D eigenvalue weighted by Crippen LogP contribution is -2.30. The monoisotopic (exact) mass is 378 g/mol. The molecule has 0 radical (unpaired) electrons. The Balaban J connectivity index is 2.08. The van der Waals surface area contributed by atoms with Crippen LogP contribution >= 0.6 is 0 Å². The van der Waals surface area contributed by atoms with E-state index in [1.165, 1.54) is 48.5 Å². The lowest BCUT2D eigenvalue weighted by Gasteiger charge is -2.10. The molecule has 9 heteroatoms. The summed E-state index contributed by atoms with van der Waals surface area (Å²) in [5, 5.41) is 10.6. The second-order valence-electron chi connectivity index (χ2n) is 5.80. The number of carbonyl (C=O) groups excluding carboxylic acids is 1. The first kappa shape index (κ1) is 19.5. The number of ether oxygens (including phenoxy) is 1. The van der Waals surface area contributed by atoms with Crippen molar-refractivity contribution in [3.05, 3.63) is 69.8 Å². The molecule has 0 atom stereocenters. The van der Waals surface area contributed by atoms with E-state index in [1.807, 2.05) is 0 Å². The topological polar surface area (TPSA) is 116 Å². The quantitative estimate of drug-likeness (QED) is 0.450. The molecule has 138 valence electrons. The van der Waals surface area contributed by atoms with E-state index < -0.39 is 20.9 Å². The lowest BCUT2D eigenvalue weighted by molar-refractivity contribution is -0.384. The SMILES string of the molecule is CC(C)NS(=O)(=O)c1cccc(C(=O)OCc2ccc([N+](=O)[O-])cc2)c1. The van der Waals surface area contributed by atoms with Crippen molar-refractivity contribution in [2.75, 3.05) is 0 Å². The zero-order valence-electron chi connectivity index (χ0n) is 14.2. The van der Waals surface area contributed by atoms with Gasteiger partial charge in [-0.05, 0) is 49.7 Å². The first-order valence-electron chi connectivity index (χ1n) is 7.72. The van der Waals surface area contributed by atoms with Crippen LogP contribution in [0.5, 0.6) is 0 Å². The van der Waals surface area contributed by atoms with E-state index in [1.54, 1.807) is 13.8 Å². The van der Waals surface area contributed by atoms with E-state index >= 15 is 0 Å². The van der Waals surface area contributed by atoms with E-state index in [-0.39, 0.29) is 28.8 Å². The molecule has 0 aliphatic carbocycles. The van der Waals surface area contributed by atoms with Crippen LogP contribution in [0.2, 0.25) is 0 Å². The van der Waals surface area contributed by atoms with Crippen LogP contribution in [0.25, 0.3) is 0 Å². The molecule has 0 aliphatic rings. The number of benzene rings is 2. The van der Waals surface area contributed by atoms with Crippen LogP contribution in [-0.2, 0) is 21.4 Å². The average Bonchev–Trinajstić information content (AvgIpc) is 2.59. The number of sulfonamides is 1. The summed E-state index contributed by atoms with van der Waals surface area (Å²) in [5.74, 6) is -0.690. The number of hydrogen-bond acceptors (Lipinski definition) is 6. The molecule has 1 N–H and O–H groups in total. The first-order chi connectivity index (χ1) is 12.2. The van der Waals surface area contributed by atoms with Gasteiger partial charge in [0.2, 0.25) is 10.0 Å². The summed E-state index contributed by atoms with van der Waals surface area (Å²) in [6, 6.07) is 10.8. The summed E-state index contributed by atoms with van der Waals surface area (Å²) in [5.41, 5.74) is 0.614. The van der Waals surface area contributed by atoms with Gasteiger partial charge in [0.1, 0.15) is 6.61 Å². The maximum absolute atomic E-state index is 12.2. The highest BCUT2D eigenvalue weighted by Gasteiger charge is 2.18. The molecule has 0 saturated carbocycles. The van der Waals surface area contributed by atoms with E-state index in [0.717, 1.165) is 0 Å². The smallest absolute Gasteiger partial charge is 0.338 e. The number of hydrogen-bond donors (Lipinski definition) is 1. The number of esters is 1. The highest BCUT2D eigenvalue weighted by atomic mass is 32.2. The van der Waals surface area contributed by atoms with Crippen molar-refractivity contribution in [1.82, 2.24) is 4.72 Å². The summed E-state index contributed by atoms with van der Waals surface area (Å²) >= 11 is 0.